The molecular weight excluding hydrogens is 438 g/mol. The summed E-state index contributed by atoms with van der Waals surface area (Å²) >= 11 is 0. The number of ether oxygens (including phenoxy) is 1. The van der Waals surface area contributed by atoms with Crippen LogP contribution < -0.4 is 20.9 Å². The van der Waals surface area contributed by atoms with Crippen LogP contribution in [0.3, 0.4) is 0 Å². The van der Waals surface area contributed by atoms with Crippen molar-refractivity contribution in [3.8, 4) is 5.75 Å². The topological polar surface area (TPSA) is 141 Å². The molecule has 1 fully saturated rings. The molecule has 34 heavy (non-hydrogen) atoms. The quantitative estimate of drug-likeness (QED) is 0.299. The number of nitrogens with zero attached hydrogens (tertiary/aromatic N) is 3. The largest absolute Gasteiger partial charge is 0.494 e. The van der Waals surface area contributed by atoms with Gasteiger partial charge in [-0.2, -0.15) is 0 Å². The Kier molecular flexibility index (Phi) is 9.06. The van der Waals surface area contributed by atoms with Crippen LogP contribution in [0.15, 0.2) is 42.6 Å². The highest BCUT2D eigenvalue weighted by atomic mass is 16.5. The number of hydrogen-bond donors (Lipinski definition) is 4. The Labute approximate surface area is 199 Å². The van der Waals surface area contributed by atoms with Crippen LogP contribution in [0, 0.1) is 5.92 Å². The third-order valence-corrected chi connectivity index (χ3v) is 5.98. The predicted octanol–water partition coefficient (Wildman–Crippen LogP) is 1.22. The van der Waals surface area contributed by atoms with Crippen molar-refractivity contribution in [1.29, 1.82) is 0 Å². The molecule has 2 atom stereocenters. The molecule has 1 aromatic carbocycles. The van der Waals surface area contributed by atoms with Gasteiger partial charge in [-0.1, -0.05) is 12.1 Å². The molecule has 2 heterocycles. The number of pyridine rings is 1. The SMILES string of the molecule is CCOc1ccc(CCC[C@@H](C(=O)N2CCN(c3ccc(N)cn3)CC2)[C@H](O)C(=O)NO)cc1. The van der Waals surface area contributed by atoms with Crippen molar-refractivity contribution < 1.29 is 24.6 Å². The van der Waals surface area contributed by atoms with Crippen molar-refractivity contribution in [3.05, 3.63) is 48.2 Å². The maximum absolute atomic E-state index is 13.2. The lowest BCUT2D eigenvalue weighted by atomic mass is 9.92. The normalized spacial score (nSPS) is 15.5. The van der Waals surface area contributed by atoms with Crippen molar-refractivity contribution in [1.82, 2.24) is 15.4 Å². The van der Waals surface area contributed by atoms with E-state index >= 15 is 0 Å². The molecule has 0 aliphatic carbocycles. The first-order valence-corrected chi connectivity index (χ1v) is 11.5. The van der Waals surface area contributed by atoms with Gasteiger partial charge in [0, 0.05) is 26.2 Å². The molecule has 3 rings (SSSR count). The van der Waals surface area contributed by atoms with Crippen LogP contribution >= 0.6 is 0 Å². The second-order valence-electron chi connectivity index (χ2n) is 8.26. The van der Waals surface area contributed by atoms with Gasteiger partial charge in [0.2, 0.25) is 5.91 Å². The highest BCUT2D eigenvalue weighted by Gasteiger charge is 2.35. The molecule has 2 amide bonds. The van der Waals surface area contributed by atoms with E-state index in [1.165, 1.54) is 5.48 Å². The monoisotopic (exact) mass is 471 g/mol. The number of piperazine rings is 1. The molecule has 5 N–H and O–H groups in total. The van der Waals surface area contributed by atoms with Gasteiger partial charge < -0.3 is 25.4 Å². The van der Waals surface area contributed by atoms with E-state index in [4.69, 9.17) is 15.7 Å². The Morgan fingerprint density at radius 2 is 1.85 bits per heavy atom. The van der Waals surface area contributed by atoms with Crippen LogP contribution in [0.25, 0.3) is 0 Å². The molecule has 184 valence electrons. The van der Waals surface area contributed by atoms with E-state index in [9.17, 15) is 14.7 Å². The lowest BCUT2D eigenvalue weighted by molar-refractivity contribution is -0.151. The number of carbonyl (C=O) groups excluding carboxylic acids is 2. The van der Waals surface area contributed by atoms with Gasteiger partial charge in [0.05, 0.1) is 24.4 Å². The van der Waals surface area contributed by atoms with Gasteiger partial charge in [0.15, 0.2) is 0 Å². The second-order valence-corrected chi connectivity index (χ2v) is 8.26. The van der Waals surface area contributed by atoms with Crippen LogP contribution in [-0.4, -0.2) is 70.9 Å². The summed E-state index contributed by atoms with van der Waals surface area (Å²) in [6, 6.07) is 11.3. The number of nitrogens with one attached hydrogen (secondary N) is 1. The van der Waals surface area contributed by atoms with Gasteiger partial charge in [-0.15, -0.1) is 0 Å². The molecule has 10 nitrogen and oxygen atoms in total. The molecule has 0 radical (unpaired) electrons. The number of amides is 2. The second kappa shape index (κ2) is 12.2. The molecule has 0 bridgehead atoms. The zero-order valence-corrected chi connectivity index (χ0v) is 19.4. The molecule has 1 saturated heterocycles. The van der Waals surface area contributed by atoms with Gasteiger partial charge in [-0.05, 0) is 56.0 Å². The first-order chi connectivity index (χ1) is 16.4. The zero-order chi connectivity index (χ0) is 24.5. The predicted molar refractivity (Wildman–Crippen MR) is 127 cm³/mol. The number of aliphatic hydroxyl groups excluding tert-OH is 1. The Morgan fingerprint density at radius 3 is 2.44 bits per heavy atom. The Bertz CT molecular complexity index is 930. The summed E-state index contributed by atoms with van der Waals surface area (Å²) in [4.78, 5) is 33.2. The lowest BCUT2D eigenvalue weighted by Crippen LogP contribution is -2.53. The number of hydrogen-bond acceptors (Lipinski definition) is 8. The third kappa shape index (κ3) is 6.58. The van der Waals surface area contributed by atoms with E-state index in [1.807, 2.05) is 37.3 Å². The molecule has 0 saturated carbocycles. The highest BCUT2D eigenvalue weighted by molar-refractivity contribution is 5.88. The number of carbonyl (C=O) groups is 2. The molecule has 10 heteroatoms. The molecule has 2 aromatic rings. The molecule has 1 aliphatic heterocycles. The Balaban J connectivity index is 1.59. The number of anilines is 2. The fourth-order valence-electron chi connectivity index (χ4n) is 4.09. The van der Waals surface area contributed by atoms with Crippen LogP contribution in [0.2, 0.25) is 0 Å². The summed E-state index contributed by atoms with van der Waals surface area (Å²) in [7, 11) is 0. The van der Waals surface area contributed by atoms with Crippen molar-refractivity contribution in [2.75, 3.05) is 43.4 Å². The standard InChI is InChI=1S/C24H33N5O5/c1-2-34-19-9-6-17(7-10-19)4-3-5-20(22(30)23(31)27-33)24(32)29-14-12-28(13-15-29)21-11-8-18(25)16-26-21/h6-11,16,20,22,30,33H,2-5,12-15,25H2,1H3,(H,27,31)/t20-,22+/m1/s1. The molecule has 0 unspecified atom stereocenters. The fourth-order valence-corrected chi connectivity index (χ4v) is 4.09. The number of hydroxylamine groups is 1. The number of nitrogen functional groups attached to an aromatic ring is 1. The van der Waals surface area contributed by atoms with E-state index in [-0.39, 0.29) is 5.91 Å². The number of benzene rings is 1. The maximum Gasteiger partial charge on any atom is 0.272 e. The number of aromatic nitrogens is 1. The fraction of sp³-hybridized carbons (Fsp3) is 0.458. The smallest absolute Gasteiger partial charge is 0.272 e. The minimum atomic E-state index is -1.63. The third-order valence-electron chi connectivity index (χ3n) is 5.98. The van der Waals surface area contributed by atoms with Crippen LogP contribution in [0.5, 0.6) is 5.75 Å². The van der Waals surface area contributed by atoms with Gasteiger partial charge in [0.1, 0.15) is 17.7 Å². The first-order valence-electron chi connectivity index (χ1n) is 11.5. The van der Waals surface area contributed by atoms with E-state index in [0.29, 0.717) is 57.7 Å². The average Bonchev–Trinajstić information content (AvgIpc) is 2.87. The van der Waals surface area contributed by atoms with Crippen molar-refractivity contribution in [2.45, 2.75) is 32.3 Å². The Morgan fingerprint density at radius 1 is 1.15 bits per heavy atom. The van der Waals surface area contributed by atoms with Gasteiger partial charge >= 0.3 is 0 Å². The number of rotatable bonds is 10. The van der Waals surface area contributed by atoms with E-state index in [2.05, 4.69) is 9.88 Å². The van der Waals surface area contributed by atoms with Gasteiger partial charge in [0.25, 0.3) is 5.91 Å². The summed E-state index contributed by atoms with van der Waals surface area (Å²) in [5.74, 6) is -0.650. The Hall–Kier alpha value is -3.37. The highest BCUT2D eigenvalue weighted by Crippen LogP contribution is 2.22. The van der Waals surface area contributed by atoms with Crippen molar-refractivity contribution in [3.63, 3.8) is 0 Å². The van der Waals surface area contributed by atoms with Crippen molar-refractivity contribution in [2.24, 2.45) is 5.92 Å². The van der Waals surface area contributed by atoms with E-state index < -0.39 is 17.9 Å². The average molecular weight is 472 g/mol. The van der Waals surface area contributed by atoms with E-state index in [1.54, 1.807) is 17.2 Å². The summed E-state index contributed by atoms with van der Waals surface area (Å²) in [6.45, 7) is 4.54. The molecule has 1 aromatic heterocycles. The lowest BCUT2D eigenvalue weighted by Gasteiger charge is -2.37. The molecule has 0 spiro atoms. The number of aliphatic hydroxyl groups is 1. The zero-order valence-electron chi connectivity index (χ0n) is 19.4. The van der Waals surface area contributed by atoms with Crippen molar-refractivity contribution >= 4 is 23.3 Å². The maximum atomic E-state index is 13.2. The molecular formula is C24H33N5O5. The summed E-state index contributed by atoms with van der Waals surface area (Å²) in [6.07, 6.45) is 1.54. The number of aryl methyl sites for hydroxylation is 1. The van der Waals surface area contributed by atoms with Gasteiger partial charge in [-0.3, -0.25) is 14.8 Å². The van der Waals surface area contributed by atoms with E-state index in [0.717, 1.165) is 17.1 Å². The summed E-state index contributed by atoms with van der Waals surface area (Å²) in [5, 5.41) is 19.4. The number of nitrogens with two attached hydrogens (primary N) is 1. The molecule has 1 aliphatic rings. The van der Waals surface area contributed by atoms with Gasteiger partial charge in [-0.25, -0.2) is 10.5 Å². The van der Waals surface area contributed by atoms with Crippen LogP contribution in [0.1, 0.15) is 25.3 Å². The van der Waals surface area contributed by atoms with Crippen LogP contribution in [-0.2, 0) is 16.0 Å². The first kappa shape index (κ1) is 25.3. The summed E-state index contributed by atoms with van der Waals surface area (Å²) in [5.41, 5.74) is 8.81. The minimum Gasteiger partial charge on any atom is -0.494 e. The summed E-state index contributed by atoms with van der Waals surface area (Å²) < 4.78 is 5.45. The van der Waals surface area contributed by atoms with Crippen LogP contribution in [0.4, 0.5) is 11.5 Å². The minimum absolute atomic E-state index is 0.298.